The summed E-state index contributed by atoms with van der Waals surface area (Å²) in [7, 11) is 0. The first-order valence-electron chi connectivity index (χ1n) is 10.3. The Morgan fingerprint density at radius 3 is 2.40 bits per heavy atom. The maximum atomic E-state index is 13.4. The molecule has 2 aromatic carbocycles. The summed E-state index contributed by atoms with van der Waals surface area (Å²) in [4.78, 5) is 28.4. The number of halogens is 2. The van der Waals surface area contributed by atoms with E-state index in [0.717, 1.165) is 23.3 Å². The Morgan fingerprint density at radius 1 is 1.03 bits per heavy atom. The molecular formula is C25H25Cl2NO2. The van der Waals surface area contributed by atoms with Crippen LogP contribution in [0.1, 0.15) is 57.1 Å². The van der Waals surface area contributed by atoms with Crippen LogP contribution in [0.25, 0.3) is 0 Å². The third-order valence-electron chi connectivity index (χ3n) is 6.11. The van der Waals surface area contributed by atoms with E-state index < -0.39 is 0 Å². The first-order valence-corrected chi connectivity index (χ1v) is 11.1. The monoisotopic (exact) mass is 441 g/mol. The van der Waals surface area contributed by atoms with Crippen molar-refractivity contribution < 1.29 is 9.59 Å². The highest BCUT2D eigenvalue weighted by Crippen LogP contribution is 2.49. The lowest BCUT2D eigenvalue weighted by molar-refractivity contribution is -0.121. The van der Waals surface area contributed by atoms with Gasteiger partial charge in [-0.25, -0.2) is 0 Å². The molecule has 0 N–H and O–H groups in total. The number of benzene rings is 2. The lowest BCUT2D eigenvalue weighted by atomic mass is 9.69. The van der Waals surface area contributed by atoms with Crippen LogP contribution in [0.3, 0.4) is 0 Å². The van der Waals surface area contributed by atoms with Gasteiger partial charge in [0.05, 0.1) is 15.7 Å². The third-order valence-corrected chi connectivity index (χ3v) is 6.91. The van der Waals surface area contributed by atoms with Crippen molar-refractivity contribution in [3.63, 3.8) is 0 Å². The molecule has 0 aromatic heterocycles. The van der Waals surface area contributed by atoms with Gasteiger partial charge in [-0.05, 0) is 41.5 Å². The van der Waals surface area contributed by atoms with Gasteiger partial charge in [-0.15, -0.1) is 0 Å². The highest BCUT2D eigenvalue weighted by atomic mass is 35.5. The molecular weight excluding hydrogens is 417 g/mol. The van der Waals surface area contributed by atoms with Crippen LogP contribution >= 0.6 is 23.2 Å². The van der Waals surface area contributed by atoms with E-state index in [2.05, 4.69) is 45.0 Å². The van der Waals surface area contributed by atoms with Crippen LogP contribution in [0.4, 0.5) is 5.69 Å². The molecule has 0 saturated carbocycles. The first-order chi connectivity index (χ1) is 14.2. The number of aryl methyl sites for hydroxylation is 1. The zero-order chi connectivity index (χ0) is 21.6. The molecule has 2 aromatic rings. The minimum Gasteiger partial charge on any atom is -0.294 e. The van der Waals surface area contributed by atoms with Gasteiger partial charge in [-0.3, -0.25) is 14.5 Å². The molecule has 1 atom stereocenters. The van der Waals surface area contributed by atoms with Crippen LogP contribution in [0.2, 0.25) is 10.0 Å². The average Bonchev–Trinajstić information content (AvgIpc) is 2.69. The molecule has 3 nitrogen and oxygen atoms in total. The zero-order valence-corrected chi connectivity index (χ0v) is 19.0. The molecule has 0 fully saturated rings. The standard InChI is InChI=1S/C25H25Cl2NO2/c1-4-15-8-10-16(11-9-15)17-12-22(30)28(19-7-5-6-18(26)24(19)27)20-13-25(2,3)14-21(29)23(17)20/h5-11,17H,4,12-14H2,1-3H3. The second kappa shape index (κ2) is 7.86. The fourth-order valence-corrected chi connectivity index (χ4v) is 5.01. The van der Waals surface area contributed by atoms with E-state index in [1.165, 1.54) is 5.56 Å². The lowest BCUT2D eigenvalue weighted by Gasteiger charge is -2.43. The molecule has 0 bridgehead atoms. The predicted molar refractivity (Wildman–Crippen MR) is 122 cm³/mol. The molecule has 1 heterocycles. The second-order valence-corrected chi connectivity index (χ2v) is 9.74. The van der Waals surface area contributed by atoms with E-state index in [0.29, 0.717) is 28.6 Å². The molecule has 0 radical (unpaired) electrons. The van der Waals surface area contributed by atoms with Crippen LogP contribution in [-0.2, 0) is 16.0 Å². The van der Waals surface area contributed by atoms with Gasteiger partial charge in [0.2, 0.25) is 5.91 Å². The topological polar surface area (TPSA) is 37.4 Å². The molecule has 4 rings (SSSR count). The third kappa shape index (κ3) is 3.70. The van der Waals surface area contributed by atoms with Crippen molar-refractivity contribution in [1.29, 1.82) is 0 Å². The normalized spacial score (nSPS) is 21.1. The number of carbonyl (C=O) groups is 2. The molecule has 1 amide bonds. The maximum absolute atomic E-state index is 13.4. The summed E-state index contributed by atoms with van der Waals surface area (Å²) in [6.45, 7) is 6.24. The lowest BCUT2D eigenvalue weighted by Crippen LogP contribution is -2.43. The van der Waals surface area contributed by atoms with Crippen molar-refractivity contribution >= 4 is 40.6 Å². The molecule has 156 valence electrons. The SMILES string of the molecule is CCc1ccc(C2CC(=O)N(c3cccc(Cl)c3Cl)C3=C2C(=O)CC(C)(C)C3)cc1. The number of Topliss-reactive ketones (excluding diaryl/α,β-unsaturated/α-hetero) is 1. The van der Waals surface area contributed by atoms with Gasteiger partial charge >= 0.3 is 0 Å². The summed E-state index contributed by atoms with van der Waals surface area (Å²) < 4.78 is 0. The fraction of sp³-hybridized carbons (Fsp3) is 0.360. The summed E-state index contributed by atoms with van der Waals surface area (Å²) in [5.41, 5.74) is 4.08. The Labute approximate surface area is 187 Å². The van der Waals surface area contributed by atoms with E-state index >= 15 is 0 Å². The summed E-state index contributed by atoms with van der Waals surface area (Å²) in [5.74, 6) is -0.175. The number of rotatable bonds is 3. The Balaban J connectivity index is 1.90. The van der Waals surface area contributed by atoms with Gasteiger partial charge < -0.3 is 0 Å². The van der Waals surface area contributed by atoms with Crippen molar-refractivity contribution in [3.8, 4) is 0 Å². The van der Waals surface area contributed by atoms with Crippen molar-refractivity contribution in [3.05, 3.63) is 74.9 Å². The molecule has 30 heavy (non-hydrogen) atoms. The van der Waals surface area contributed by atoms with Gasteiger partial charge in [0.1, 0.15) is 0 Å². The van der Waals surface area contributed by atoms with Crippen LogP contribution in [0.5, 0.6) is 0 Å². The number of allylic oxidation sites excluding steroid dienone is 2. The van der Waals surface area contributed by atoms with Crippen molar-refractivity contribution in [1.82, 2.24) is 0 Å². The number of nitrogens with zero attached hydrogens (tertiary/aromatic N) is 1. The van der Waals surface area contributed by atoms with Crippen LogP contribution in [-0.4, -0.2) is 11.7 Å². The number of ketones is 1. The number of hydrogen-bond acceptors (Lipinski definition) is 2. The smallest absolute Gasteiger partial charge is 0.232 e. The quantitative estimate of drug-likeness (QED) is 0.529. The molecule has 1 aliphatic heterocycles. The van der Waals surface area contributed by atoms with E-state index in [-0.39, 0.29) is 29.4 Å². The van der Waals surface area contributed by atoms with Crippen molar-refractivity contribution in [2.45, 2.75) is 52.4 Å². The Bertz CT molecular complexity index is 1050. The molecule has 1 aliphatic carbocycles. The van der Waals surface area contributed by atoms with E-state index in [9.17, 15) is 9.59 Å². The van der Waals surface area contributed by atoms with Gasteiger partial charge in [0.15, 0.2) is 5.78 Å². The molecule has 1 unspecified atom stereocenters. The minimum atomic E-state index is -0.229. The number of carbonyl (C=O) groups excluding carboxylic acids is 2. The molecule has 0 spiro atoms. The molecule has 0 saturated heterocycles. The largest absolute Gasteiger partial charge is 0.294 e. The summed E-state index contributed by atoms with van der Waals surface area (Å²) in [5, 5.41) is 0.726. The summed E-state index contributed by atoms with van der Waals surface area (Å²) >= 11 is 12.7. The van der Waals surface area contributed by atoms with Gasteiger partial charge in [-0.1, -0.05) is 74.3 Å². The first kappa shape index (κ1) is 21.1. The zero-order valence-electron chi connectivity index (χ0n) is 17.5. The molecule has 2 aliphatic rings. The van der Waals surface area contributed by atoms with Crippen LogP contribution < -0.4 is 4.90 Å². The highest BCUT2D eigenvalue weighted by molar-refractivity contribution is 6.44. The van der Waals surface area contributed by atoms with Crippen molar-refractivity contribution in [2.24, 2.45) is 5.41 Å². The number of hydrogen-bond donors (Lipinski definition) is 0. The van der Waals surface area contributed by atoms with Crippen LogP contribution in [0.15, 0.2) is 53.7 Å². The average molecular weight is 442 g/mol. The van der Waals surface area contributed by atoms with Gasteiger partial charge in [0, 0.05) is 30.0 Å². The van der Waals surface area contributed by atoms with Crippen molar-refractivity contribution in [2.75, 3.05) is 4.90 Å². The highest BCUT2D eigenvalue weighted by Gasteiger charge is 2.44. The maximum Gasteiger partial charge on any atom is 0.232 e. The summed E-state index contributed by atoms with van der Waals surface area (Å²) in [6, 6.07) is 13.5. The Kier molecular flexibility index (Phi) is 5.54. The predicted octanol–water partition coefficient (Wildman–Crippen LogP) is 6.72. The number of anilines is 1. The molecule has 5 heteroatoms. The fourth-order valence-electron chi connectivity index (χ4n) is 4.63. The van der Waals surface area contributed by atoms with Gasteiger partial charge in [0.25, 0.3) is 0 Å². The Hall–Kier alpha value is -2.10. The van der Waals surface area contributed by atoms with E-state index in [4.69, 9.17) is 23.2 Å². The number of amides is 1. The minimum absolute atomic E-state index is 0.0621. The Morgan fingerprint density at radius 2 is 1.73 bits per heavy atom. The van der Waals surface area contributed by atoms with Crippen LogP contribution in [0, 0.1) is 5.41 Å². The van der Waals surface area contributed by atoms with Gasteiger partial charge in [-0.2, -0.15) is 0 Å². The second-order valence-electron chi connectivity index (χ2n) is 8.96. The van der Waals surface area contributed by atoms with E-state index in [1.54, 1.807) is 23.1 Å². The summed E-state index contributed by atoms with van der Waals surface area (Å²) in [6.07, 6.45) is 2.29. The van der Waals surface area contributed by atoms with E-state index in [1.807, 2.05) is 0 Å².